The molecule has 0 saturated carbocycles. The minimum absolute atomic E-state index is 0.0363. The van der Waals surface area contributed by atoms with Gasteiger partial charge in [-0.25, -0.2) is 4.79 Å². The van der Waals surface area contributed by atoms with Crippen LogP contribution in [-0.4, -0.2) is 32.9 Å². The first-order chi connectivity index (χ1) is 8.92. The second-order valence-electron chi connectivity index (χ2n) is 4.45. The summed E-state index contributed by atoms with van der Waals surface area (Å²) in [5.74, 6) is -0.866. The fraction of sp³-hybridized carbons (Fsp3) is 0.583. The van der Waals surface area contributed by atoms with Crippen LogP contribution in [0.3, 0.4) is 0 Å². The molecule has 0 saturated heterocycles. The fourth-order valence-electron chi connectivity index (χ4n) is 1.69. The van der Waals surface area contributed by atoms with Crippen molar-refractivity contribution in [3.8, 4) is 0 Å². The number of rotatable bonds is 6. The van der Waals surface area contributed by atoms with Gasteiger partial charge in [0.2, 0.25) is 0 Å². The smallest absolute Gasteiger partial charge is 0.319 e. The topological polar surface area (TPSA) is 96.3 Å². The summed E-state index contributed by atoms with van der Waals surface area (Å²) in [6, 6.07) is -0.543. The highest BCUT2D eigenvalue weighted by molar-refractivity contribution is 5.89. The molecule has 0 spiro atoms. The van der Waals surface area contributed by atoms with Crippen molar-refractivity contribution < 1.29 is 14.7 Å². The number of carboxylic acid groups (broad SMARTS) is 1. The molecule has 1 aromatic rings. The summed E-state index contributed by atoms with van der Waals surface area (Å²) in [6.45, 7) is 3.73. The highest BCUT2D eigenvalue weighted by Gasteiger charge is 2.12. The van der Waals surface area contributed by atoms with Crippen LogP contribution in [0.15, 0.2) is 6.20 Å². The largest absolute Gasteiger partial charge is 0.481 e. The molecule has 0 aromatic carbocycles. The van der Waals surface area contributed by atoms with E-state index in [-0.39, 0.29) is 18.5 Å². The number of aryl methyl sites for hydroxylation is 2. The van der Waals surface area contributed by atoms with Gasteiger partial charge in [-0.2, -0.15) is 5.10 Å². The summed E-state index contributed by atoms with van der Waals surface area (Å²) in [7, 11) is 1.79. The van der Waals surface area contributed by atoms with Crippen molar-refractivity contribution in [2.45, 2.75) is 39.2 Å². The normalized spacial score (nSPS) is 11.9. The molecule has 1 unspecified atom stereocenters. The van der Waals surface area contributed by atoms with Crippen molar-refractivity contribution in [1.29, 1.82) is 0 Å². The van der Waals surface area contributed by atoms with Crippen LogP contribution in [0.1, 0.15) is 32.4 Å². The Hall–Kier alpha value is -2.05. The van der Waals surface area contributed by atoms with E-state index in [4.69, 9.17) is 5.11 Å². The van der Waals surface area contributed by atoms with Crippen LogP contribution in [0.4, 0.5) is 10.5 Å². The minimum Gasteiger partial charge on any atom is -0.481 e. The van der Waals surface area contributed by atoms with Gasteiger partial charge in [0.05, 0.1) is 11.4 Å². The summed E-state index contributed by atoms with van der Waals surface area (Å²) >= 11 is 0. The molecule has 1 atom stereocenters. The third-order valence-corrected chi connectivity index (χ3v) is 2.66. The van der Waals surface area contributed by atoms with Crippen molar-refractivity contribution in [3.05, 3.63) is 11.9 Å². The van der Waals surface area contributed by atoms with Gasteiger partial charge in [0, 0.05) is 25.7 Å². The Morgan fingerprint density at radius 3 is 2.79 bits per heavy atom. The molecule has 2 amide bonds. The Bertz CT molecular complexity index is 456. The zero-order chi connectivity index (χ0) is 14.4. The Labute approximate surface area is 112 Å². The Balaban J connectivity index is 2.48. The molecule has 0 aliphatic carbocycles. The van der Waals surface area contributed by atoms with Crippen LogP contribution >= 0.6 is 0 Å². The number of hydrogen-bond donors (Lipinski definition) is 3. The van der Waals surface area contributed by atoms with Gasteiger partial charge in [-0.1, -0.05) is 6.92 Å². The molecule has 0 fully saturated rings. The molecule has 7 heteroatoms. The molecule has 7 nitrogen and oxygen atoms in total. The Kier molecular flexibility index (Phi) is 5.35. The maximum Gasteiger partial charge on any atom is 0.319 e. The molecule has 1 aromatic heterocycles. The summed E-state index contributed by atoms with van der Waals surface area (Å²) < 4.78 is 1.64. The highest BCUT2D eigenvalue weighted by Crippen LogP contribution is 2.13. The van der Waals surface area contributed by atoms with Crippen molar-refractivity contribution >= 4 is 17.7 Å². The number of amides is 2. The molecule has 0 aliphatic heterocycles. The fourth-order valence-corrected chi connectivity index (χ4v) is 1.69. The zero-order valence-corrected chi connectivity index (χ0v) is 11.4. The lowest BCUT2D eigenvalue weighted by Crippen LogP contribution is -2.36. The molecule has 1 rings (SSSR count). The number of urea groups is 1. The second kappa shape index (κ2) is 6.77. The number of aromatic nitrogens is 2. The van der Waals surface area contributed by atoms with Gasteiger partial charge >= 0.3 is 12.0 Å². The molecular formula is C12H20N4O3. The van der Waals surface area contributed by atoms with E-state index in [0.29, 0.717) is 12.1 Å². The first-order valence-corrected chi connectivity index (χ1v) is 6.24. The molecule has 0 aliphatic rings. The van der Waals surface area contributed by atoms with Gasteiger partial charge in [-0.05, 0) is 19.8 Å². The molecular weight excluding hydrogens is 248 g/mol. The zero-order valence-electron chi connectivity index (χ0n) is 11.4. The summed E-state index contributed by atoms with van der Waals surface area (Å²) in [6.07, 6.45) is 2.90. The van der Waals surface area contributed by atoms with Gasteiger partial charge in [0.1, 0.15) is 0 Å². The lowest BCUT2D eigenvalue weighted by molar-refractivity contribution is -0.137. The standard InChI is InChI=1S/C12H20N4O3/c1-4-9-10(7-16(3)15-9)14-12(19)13-8(2)5-6-11(17)18/h7-8H,4-6H2,1-3H3,(H,17,18)(H2,13,14,19). The van der Waals surface area contributed by atoms with Crippen molar-refractivity contribution in [3.63, 3.8) is 0 Å². The van der Waals surface area contributed by atoms with Gasteiger partial charge in [-0.3, -0.25) is 9.48 Å². The third-order valence-electron chi connectivity index (χ3n) is 2.66. The molecule has 0 radical (unpaired) electrons. The molecule has 106 valence electrons. The van der Waals surface area contributed by atoms with E-state index in [9.17, 15) is 9.59 Å². The average molecular weight is 268 g/mol. The second-order valence-corrected chi connectivity index (χ2v) is 4.45. The first kappa shape index (κ1) is 15.0. The van der Waals surface area contributed by atoms with Crippen LogP contribution in [0.5, 0.6) is 0 Å². The lowest BCUT2D eigenvalue weighted by atomic mass is 10.2. The third kappa shape index (κ3) is 4.99. The number of aliphatic carboxylic acids is 1. The highest BCUT2D eigenvalue weighted by atomic mass is 16.4. The first-order valence-electron chi connectivity index (χ1n) is 6.24. The predicted octanol–water partition coefficient (Wildman–Crippen LogP) is 1.36. The monoisotopic (exact) mass is 268 g/mol. The number of nitrogens with zero attached hydrogens (tertiary/aromatic N) is 2. The van der Waals surface area contributed by atoms with Crippen molar-refractivity contribution in [2.24, 2.45) is 7.05 Å². The maximum absolute atomic E-state index is 11.7. The number of carboxylic acids is 1. The molecule has 3 N–H and O–H groups in total. The van der Waals surface area contributed by atoms with Crippen molar-refractivity contribution in [1.82, 2.24) is 15.1 Å². The van der Waals surface area contributed by atoms with Crippen LogP contribution in [0.2, 0.25) is 0 Å². The summed E-state index contributed by atoms with van der Waals surface area (Å²) in [4.78, 5) is 22.2. The van der Waals surface area contributed by atoms with E-state index < -0.39 is 5.97 Å². The van der Waals surface area contributed by atoms with Gasteiger partial charge < -0.3 is 15.7 Å². The number of hydrogen-bond acceptors (Lipinski definition) is 3. The SMILES string of the molecule is CCc1nn(C)cc1NC(=O)NC(C)CCC(=O)O. The van der Waals surface area contributed by atoms with E-state index in [1.165, 1.54) is 0 Å². The van der Waals surface area contributed by atoms with Crippen LogP contribution in [0, 0.1) is 0 Å². The van der Waals surface area contributed by atoms with E-state index in [1.807, 2.05) is 6.92 Å². The van der Waals surface area contributed by atoms with Crippen LogP contribution in [-0.2, 0) is 18.3 Å². The van der Waals surface area contributed by atoms with E-state index in [1.54, 1.807) is 24.9 Å². The maximum atomic E-state index is 11.7. The van der Waals surface area contributed by atoms with Crippen LogP contribution in [0.25, 0.3) is 0 Å². The number of carbonyl (C=O) groups excluding carboxylic acids is 1. The minimum atomic E-state index is -0.866. The Morgan fingerprint density at radius 2 is 2.21 bits per heavy atom. The summed E-state index contributed by atoms with van der Waals surface area (Å²) in [5, 5.41) is 18.2. The summed E-state index contributed by atoms with van der Waals surface area (Å²) in [5.41, 5.74) is 1.49. The molecule has 0 bridgehead atoms. The number of anilines is 1. The number of carbonyl (C=O) groups is 2. The lowest BCUT2D eigenvalue weighted by Gasteiger charge is -2.13. The quantitative estimate of drug-likeness (QED) is 0.725. The van der Waals surface area contributed by atoms with E-state index in [2.05, 4.69) is 15.7 Å². The average Bonchev–Trinajstić information content (AvgIpc) is 2.66. The number of nitrogens with one attached hydrogen (secondary N) is 2. The molecule has 1 heterocycles. The predicted molar refractivity (Wildman–Crippen MR) is 71.1 cm³/mol. The Morgan fingerprint density at radius 1 is 1.53 bits per heavy atom. The van der Waals surface area contributed by atoms with Crippen LogP contribution < -0.4 is 10.6 Å². The van der Waals surface area contributed by atoms with Gasteiger partial charge in [0.15, 0.2) is 0 Å². The van der Waals surface area contributed by atoms with E-state index >= 15 is 0 Å². The van der Waals surface area contributed by atoms with Gasteiger partial charge in [-0.15, -0.1) is 0 Å². The van der Waals surface area contributed by atoms with Crippen molar-refractivity contribution in [2.75, 3.05) is 5.32 Å². The van der Waals surface area contributed by atoms with Gasteiger partial charge in [0.25, 0.3) is 0 Å². The van der Waals surface area contributed by atoms with E-state index in [0.717, 1.165) is 12.1 Å². The molecule has 19 heavy (non-hydrogen) atoms.